The van der Waals surface area contributed by atoms with Crippen LogP contribution in [0.1, 0.15) is 37.1 Å². The Hall–Kier alpha value is -2.45. The van der Waals surface area contributed by atoms with E-state index >= 15 is 0 Å². The lowest BCUT2D eigenvalue weighted by atomic mass is 9.69. The molecule has 13 heteroatoms. The zero-order valence-corrected chi connectivity index (χ0v) is 22.1. The number of sulfonamides is 2. The molecular formula is C23H31N5O6S2. The third-order valence-electron chi connectivity index (χ3n) is 7.57. The van der Waals surface area contributed by atoms with Crippen molar-refractivity contribution in [2.75, 3.05) is 39.1 Å². The number of rotatable bonds is 6. The summed E-state index contributed by atoms with van der Waals surface area (Å²) in [5.41, 5.74) is 1.70. The number of fused-ring (bicyclic) bond motifs is 4. The number of nitrogens with zero attached hydrogens (tertiary/aromatic N) is 4. The fourth-order valence-corrected chi connectivity index (χ4v) is 8.39. The van der Waals surface area contributed by atoms with Crippen molar-refractivity contribution in [3.63, 3.8) is 0 Å². The Morgan fingerprint density at radius 3 is 2.53 bits per heavy atom. The Bertz CT molecular complexity index is 1500. The third-order valence-corrected chi connectivity index (χ3v) is 11.2. The van der Waals surface area contributed by atoms with Gasteiger partial charge in [-0.05, 0) is 37.5 Å². The second-order valence-electron chi connectivity index (χ2n) is 9.53. The van der Waals surface area contributed by atoms with Gasteiger partial charge in [0.2, 0.25) is 10.0 Å². The number of aliphatic hydroxyl groups excluding tert-OH is 1. The fraction of sp³-hybridized carbons (Fsp3) is 0.522. The van der Waals surface area contributed by atoms with Crippen LogP contribution >= 0.6 is 0 Å². The van der Waals surface area contributed by atoms with Crippen LogP contribution in [0.5, 0.6) is 5.75 Å². The van der Waals surface area contributed by atoms with Crippen LogP contribution in [0.4, 0.5) is 0 Å². The highest BCUT2D eigenvalue weighted by Gasteiger charge is 2.51. The van der Waals surface area contributed by atoms with Crippen molar-refractivity contribution in [1.82, 2.24) is 23.1 Å². The predicted molar refractivity (Wildman–Crippen MR) is 134 cm³/mol. The standard InChI is InChI=1S/C23H31N5O6S2/c1-4-35(30,31)27-9-7-23(8-10-27)14-28(36(32,33)20-12-26(2)15-24-20)19(13-29)22-21(23)17-6-5-16(34-3)11-18(17)25-22/h5-6,11-12,15,19,25,29H,4,7-10,13-14H2,1-3H3/t19-/m1/s1. The maximum absolute atomic E-state index is 13.8. The van der Waals surface area contributed by atoms with Crippen molar-refractivity contribution in [3.05, 3.63) is 42.0 Å². The Morgan fingerprint density at radius 2 is 1.94 bits per heavy atom. The second kappa shape index (κ2) is 8.84. The zero-order valence-electron chi connectivity index (χ0n) is 20.5. The van der Waals surface area contributed by atoms with Gasteiger partial charge >= 0.3 is 0 Å². The molecule has 4 heterocycles. The number of nitrogens with one attached hydrogen (secondary N) is 1. The van der Waals surface area contributed by atoms with Crippen LogP contribution in [0.3, 0.4) is 0 Å². The van der Waals surface area contributed by atoms with Crippen LogP contribution < -0.4 is 4.74 Å². The van der Waals surface area contributed by atoms with Gasteiger partial charge in [-0.2, -0.15) is 4.31 Å². The van der Waals surface area contributed by atoms with Crippen molar-refractivity contribution in [2.24, 2.45) is 7.05 Å². The fourth-order valence-electron chi connectivity index (χ4n) is 5.64. The summed E-state index contributed by atoms with van der Waals surface area (Å²) in [5, 5.41) is 11.3. The molecular weight excluding hydrogens is 506 g/mol. The summed E-state index contributed by atoms with van der Waals surface area (Å²) >= 11 is 0. The zero-order chi connectivity index (χ0) is 25.9. The highest BCUT2D eigenvalue weighted by atomic mass is 32.2. The minimum absolute atomic E-state index is 0.0187. The largest absolute Gasteiger partial charge is 0.497 e. The average Bonchev–Trinajstić information content (AvgIpc) is 3.48. The average molecular weight is 538 g/mol. The first-order valence-corrected chi connectivity index (χ1v) is 14.9. The molecule has 0 radical (unpaired) electrons. The van der Waals surface area contributed by atoms with E-state index in [9.17, 15) is 21.9 Å². The van der Waals surface area contributed by atoms with E-state index in [1.54, 1.807) is 25.6 Å². The molecule has 2 aliphatic heterocycles. The molecule has 2 aromatic heterocycles. The van der Waals surface area contributed by atoms with Crippen molar-refractivity contribution < 1.29 is 26.7 Å². The molecule has 0 saturated carbocycles. The topological polar surface area (TPSA) is 138 Å². The lowest BCUT2D eigenvalue weighted by Crippen LogP contribution is -2.55. The second-order valence-corrected chi connectivity index (χ2v) is 13.6. The van der Waals surface area contributed by atoms with Crippen LogP contribution in [0.2, 0.25) is 0 Å². The predicted octanol–water partition coefficient (Wildman–Crippen LogP) is 1.33. The molecule has 5 rings (SSSR count). The number of ether oxygens (including phenoxy) is 1. The van der Waals surface area contributed by atoms with E-state index < -0.39 is 38.1 Å². The quantitative estimate of drug-likeness (QED) is 0.484. The van der Waals surface area contributed by atoms with Gasteiger partial charge in [0.15, 0.2) is 5.03 Å². The summed E-state index contributed by atoms with van der Waals surface area (Å²) in [6, 6.07) is 4.81. The van der Waals surface area contributed by atoms with Crippen LogP contribution in [0, 0.1) is 0 Å². The van der Waals surface area contributed by atoms with E-state index in [1.165, 1.54) is 21.1 Å². The number of aliphatic hydroxyl groups is 1. The SMILES string of the molecule is CCS(=O)(=O)N1CCC2(CC1)CN(S(=O)(=O)c1cn(C)cn1)[C@H](CO)c1[nH]c3cc(OC)ccc3c12. The van der Waals surface area contributed by atoms with E-state index in [4.69, 9.17) is 4.74 Å². The number of H-pyrrole nitrogens is 1. The first kappa shape index (κ1) is 25.2. The maximum Gasteiger partial charge on any atom is 0.262 e. The van der Waals surface area contributed by atoms with E-state index in [-0.39, 0.29) is 17.3 Å². The molecule has 0 amide bonds. The summed E-state index contributed by atoms with van der Waals surface area (Å²) in [6.45, 7) is 1.90. The number of piperidine rings is 1. The molecule has 1 atom stereocenters. The van der Waals surface area contributed by atoms with Gasteiger partial charge < -0.3 is 19.4 Å². The van der Waals surface area contributed by atoms with Gasteiger partial charge in [-0.1, -0.05) is 0 Å². The highest BCUT2D eigenvalue weighted by Crippen LogP contribution is 2.50. The third kappa shape index (κ3) is 3.84. The number of hydrogen-bond donors (Lipinski definition) is 2. The van der Waals surface area contributed by atoms with E-state index in [0.717, 1.165) is 16.5 Å². The molecule has 196 valence electrons. The highest BCUT2D eigenvalue weighted by molar-refractivity contribution is 7.89. The van der Waals surface area contributed by atoms with Crippen LogP contribution in [-0.2, 0) is 32.5 Å². The molecule has 0 aliphatic carbocycles. The Morgan fingerprint density at radius 1 is 1.22 bits per heavy atom. The van der Waals surface area contributed by atoms with Gasteiger partial charge in [0.25, 0.3) is 10.0 Å². The monoisotopic (exact) mass is 537 g/mol. The molecule has 2 N–H and O–H groups in total. The van der Waals surface area contributed by atoms with E-state index in [1.807, 2.05) is 18.2 Å². The molecule has 0 bridgehead atoms. The van der Waals surface area contributed by atoms with E-state index in [0.29, 0.717) is 37.4 Å². The van der Waals surface area contributed by atoms with Gasteiger partial charge in [0, 0.05) is 61.0 Å². The minimum atomic E-state index is -4.05. The number of imidazole rings is 1. The van der Waals surface area contributed by atoms with Gasteiger partial charge in [0.1, 0.15) is 5.75 Å². The van der Waals surface area contributed by atoms with Gasteiger partial charge in [-0.3, -0.25) is 0 Å². The van der Waals surface area contributed by atoms with Gasteiger partial charge in [0.05, 0.1) is 31.8 Å². The normalized spacial score (nSPS) is 21.2. The molecule has 1 spiro atoms. The summed E-state index contributed by atoms with van der Waals surface area (Å²) in [7, 11) is -4.15. The number of hydrogen-bond acceptors (Lipinski definition) is 7. The minimum Gasteiger partial charge on any atom is -0.497 e. The molecule has 11 nitrogen and oxygen atoms in total. The van der Waals surface area contributed by atoms with Crippen LogP contribution in [-0.4, -0.2) is 84.2 Å². The van der Waals surface area contributed by atoms with Crippen LogP contribution in [0.25, 0.3) is 10.9 Å². The molecule has 1 saturated heterocycles. The summed E-state index contributed by atoms with van der Waals surface area (Å²) in [4.78, 5) is 7.45. The number of aryl methyl sites for hydroxylation is 1. The Balaban J connectivity index is 1.68. The number of benzene rings is 1. The number of aromatic amines is 1. The Labute approximate surface area is 210 Å². The van der Waals surface area contributed by atoms with Gasteiger partial charge in [-0.25, -0.2) is 26.1 Å². The van der Waals surface area contributed by atoms with Crippen molar-refractivity contribution in [1.29, 1.82) is 0 Å². The molecule has 36 heavy (non-hydrogen) atoms. The number of methoxy groups -OCH3 is 1. The maximum atomic E-state index is 13.8. The smallest absolute Gasteiger partial charge is 0.262 e. The first-order chi connectivity index (χ1) is 17.1. The lowest BCUT2D eigenvalue weighted by molar-refractivity contribution is 0.117. The van der Waals surface area contributed by atoms with Crippen LogP contribution in [0.15, 0.2) is 35.7 Å². The number of aromatic nitrogens is 3. The lowest BCUT2D eigenvalue weighted by Gasteiger charge is -2.49. The molecule has 1 aromatic carbocycles. The summed E-state index contributed by atoms with van der Waals surface area (Å²) in [6.07, 6.45) is 3.77. The van der Waals surface area contributed by atoms with Crippen molar-refractivity contribution in [2.45, 2.75) is 36.2 Å². The van der Waals surface area contributed by atoms with Crippen molar-refractivity contribution in [3.8, 4) is 5.75 Å². The first-order valence-electron chi connectivity index (χ1n) is 11.8. The Kier molecular flexibility index (Phi) is 6.19. The molecule has 0 unspecified atom stereocenters. The molecule has 2 aliphatic rings. The summed E-state index contributed by atoms with van der Waals surface area (Å²) in [5.74, 6) is 0.669. The van der Waals surface area contributed by atoms with Crippen molar-refractivity contribution >= 4 is 30.9 Å². The van der Waals surface area contributed by atoms with Gasteiger partial charge in [-0.15, -0.1) is 0 Å². The van der Waals surface area contributed by atoms with E-state index in [2.05, 4.69) is 9.97 Å². The molecule has 1 fully saturated rings. The molecule has 3 aromatic rings. The summed E-state index contributed by atoms with van der Waals surface area (Å²) < 4.78 is 62.5.